The van der Waals surface area contributed by atoms with E-state index in [4.69, 9.17) is 5.11 Å². The number of rotatable bonds is 2. The fourth-order valence-corrected chi connectivity index (χ4v) is 4.25. The van der Waals surface area contributed by atoms with Crippen molar-refractivity contribution >= 4 is 23.5 Å². The van der Waals surface area contributed by atoms with Gasteiger partial charge in [-0.05, 0) is 6.07 Å². The van der Waals surface area contributed by atoms with Gasteiger partial charge in [-0.2, -0.15) is 11.8 Å². The molecule has 0 aromatic carbocycles. The highest BCUT2D eigenvalue weighted by Crippen LogP contribution is 2.40. The quantitative estimate of drug-likeness (QED) is 0.858. The van der Waals surface area contributed by atoms with E-state index in [1.54, 1.807) is 12.3 Å². The average molecular weight is 242 g/mol. The third-order valence-electron chi connectivity index (χ3n) is 2.34. The number of nitrogens with zero attached hydrogens (tertiary/aromatic N) is 2. The lowest BCUT2D eigenvalue weighted by molar-refractivity contribution is 0.276. The van der Waals surface area contributed by atoms with Crippen LogP contribution in [-0.2, 0) is 6.61 Å². The average Bonchev–Trinajstić information content (AvgIpc) is 2.30. The van der Waals surface area contributed by atoms with Crippen LogP contribution in [0.2, 0.25) is 0 Å². The van der Waals surface area contributed by atoms with E-state index < -0.39 is 0 Å². The van der Waals surface area contributed by atoms with Crippen LogP contribution in [0.1, 0.15) is 23.7 Å². The molecule has 1 saturated heterocycles. The largest absolute Gasteiger partial charge is 0.390 e. The standard InChI is InChI=1S/C10H14N2OS2/c1-7-9(15-5-4-14-7)10-11-3-2-8(6-13)12-10/h2-3,7,9,13H,4-6H2,1H3. The van der Waals surface area contributed by atoms with Gasteiger partial charge in [-0.3, -0.25) is 0 Å². The third kappa shape index (κ3) is 2.65. The minimum atomic E-state index is -0.00553. The van der Waals surface area contributed by atoms with Gasteiger partial charge in [0.25, 0.3) is 0 Å². The lowest BCUT2D eigenvalue weighted by Crippen LogP contribution is -2.18. The summed E-state index contributed by atoms with van der Waals surface area (Å²) >= 11 is 3.89. The fourth-order valence-electron chi connectivity index (χ4n) is 1.55. The van der Waals surface area contributed by atoms with Crippen molar-refractivity contribution in [2.75, 3.05) is 11.5 Å². The van der Waals surface area contributed by atoms with Crippen LogP contribution in [0.3, 0.4) is 0 Å². The molecule has 1 aromatic heterocycles. The van der Waals surface area contributed by atoms with Gasteiger partial charge >= 0.3 is 0 Å². The second-order valence-electron chi connectivity index (χ2n) is 3.43. The third-order valence-corrected chi connectivity index (χ3v) is 5.42. The molecular weight excluding hydrogens is 228 g/mol. The predicted octanol–water partition coefficient (Wildman–Crippen LogP) is 1.88. The van der Waals surface area contributed by atoms with Gasteiger partial charge in [0.15, 0.2) is 0 Å². The van der Waals surface area contributed by atoms with Crippen molar-refractivity contribution in [1.82, 2.24) is 9.97 Å². The smallest absolute Gasteiger partial charge is 0.142 e. The first-order chi connectivity index (χ1) is 7.31. The zero-order valence-electron chi connectivity index (χ0n) is 8.59. The number of thioether (sulfide) groups is 2. The maximum Gasteiger partial charge on any atom is 0.142 e. The molecule has 2 rings (SSSR count). The van der Waals surface area contributed by atoms with Crippen molar-refractivity contribution < 1.29 is 5.11 Å². The Morgan fingerprint density at radius 1 is 1.47 bits per heavy atom. The van der Waals surface area contributed by atoms with Gasteiger partial charge in [0, 0.05) is 23.0 Å². The molecule has 0 radical (unpaired) electrons. The van der Waals surface area contributed by atoms with Crippen molar-refractivity contribution in [2.45, 2.75) is 24.0 Å². The first-order valence-corrected chi connectivity index (χ1v) is 7.07. The molecule has 5 heteroatoms. The Morgan fingerprint density at radius 2 is 2.27 bits per heavy atom. The maximum absolute atomic E-state index is 9.02. The van der Waals surface area contributed by atoms with Crippen LogP contribution >= 0.6 is 23.5 Å². The molecule has 2 atom stereocenters. The fraction of sp³-hybridized carbons (Fsp3) is 0.600. The van der Waals surface area contributed by atoms with Crippen molar-refractivity contribution in [1.29, 1.82) is 0 Å². The van der Waals surface area contributed by atoms with Crippen LogP contribution in [-0.4, -0.2) is 31.8 Å². The van der Waals surface area contributed by atoms with Crippen LogP contribution < -0.4 is 0 Å². The minimum Gasteiger partial charge on any atom is -0.390 e. The Hall–Kier alpha value is -0.260. The van der Waals surface area contributed by atoms with Crippen LogP contribution in [0.15, 0.2) is 12.3 Å². The molecule has 82 valence electrons. The van der Waals surface area contributed by atoms with E-state index in [1.165, 1.54) is 5.75 Å². The molecule has 2 unspecified atom stereocenters. The number of aliphatic hydroxyl groups is 1. The summed E-state index contributed by atoms with van der Waals surface area (Å²) < 4.78 is 0. The van der Waals surface area contributed by atoms with E-state index >= 15 is 0 Å². The van der Waals surface area contributed by atoms with Crippen molar-refractivity contribution in [3.8, 4) is 0 Å². The van der Waals surface area contributed by atoms with Gasteiger partial charge in [-0.25, -0.2) is 9.97 Å². The molecule has 1 fully saturated rings. The molecule has 0 amide bonds. The van der Waals surface area contributed by atoms with Gasteiger partial charge in [0.1, 0.15) is 5.82 Å². The summed E-state index contributed by atoms with van der Waals surface area (Å²) in [7, 11) is 0. The monoisotopic (exact) mass is 242 g/mol. The van der Waals surface area contributed by atoms with Crippen molar-refractivity contribution in [2.24, 2.45) is 0 Å². The molecular formula is C10H14N2OS2. The molecule has 0 spiro atoms. The summed E-state index contributed by atoms with van der Waals surface area (Å²) in [5, 5.41) is 9.95. The first kappa shape index (κ1) is 11.2. The SMILES string of the molecule is CC1SCCSC1c1nccc(CO)n1. The molecule has 1 aliphatic heterocycles. The number of aromatic nitrogens is 2. The highest BCUT2D eigenvalue weighted by Gasteiger charge is 2.26. The Labute approximate surface area is 98.1 Å². The normalized spacial score (nSPS) is 26.5. The van der Waals surface area contributed by atoms with Crippen LogP contribution in [0.4, 0.5) is 0 Å². The molecule has 0 aliphatic carbocycles. The molecule has 1 aliphatic rings. The van der Waals surface area contributed by atoms with Gasteiger partial charge in [-0.15, -0.1) is 11.8 Å². The van der Waals surface area contributed by atoms with Crippen LogP contribution in [0.5, 0.6) is 0 Å². The number of aliphatic hydroxyl groups excluding tert-OH is 1. The summed E-state index contributed by atoms with van der Waals surface area (Å²) in [6.45, 7) is 2.21. The molecule has 0 saturated carbocycles. The molecule has 15 heavy (non-hydrogen) atoms. The van der Waals surface area contributed by atoms with E-state index in [-0.39, 0.29) is 6.61 Å². The number of hydrogen-bond acceptors (Lipinski definition) is 5. The van der Waals surface area contributed by atoms with E-state index in [0.29, 0.717) is 16.2 Å². The Morgan fingerprint density at radius 3 is 3.00 bits per heavy atom. The van der Waals surface area contributed by atoms with E-state index in [2.05, 4.69) is 16.9 Å². The molecule has 0 bridgehead atoms. The van der Waals surface area contributed by atoms with Gasteiger partial charge < -0.3 is 5.11 Å². The highest BCUT2D eigenvalue weighted by atomic mass is 32.2. The topological polar surface area (TPSA) is 46.0 Å². The Kier molecular flexibility index (Phi) is 3.88. The number of hydrogen-bond donors (Lipinski definition) is 1. The zero-order valence-corrected chi connectivity index (χ0v) is 10.2. The molecule has 1 N–H and O–H groups in total. The zero-order chi connectivity index (χ0) is 10.7. The summed E-state index contributed by atoms with van der Waals surface area (Å²) in [6.07, 6.45) is 1.74. The van der Waals surface area contributed by atoms with E-state index in [9.17, 15) is 0 Å². The van der Waals surface area contributed by atoms with Crippen molar-refractivity contribution in [3.63, 3.8) is 0 Å². The Balaban J connectivity index is 2.19. The summed E-state index contributed by atoms with van der Waals surface area (Å²) in [5.74, 6) is 3.24. The summed E-state index contributed by atoms with van der Waals surface area (Å²) in [5.41, 5.74) is 0.711. The van der Waals surface area contributed by atoms with Gasteiger partial charge in [0.05, 0.1) is 17.6 Å². The lowest BCUT2D eigenvalue weighted by atomic mass is 10.3. The summed E-state index contributed by atoms with van der Waals surface area (Å²) in [6, 6.07) is 1.76. The van der Waals surface area contributed by atoms with E-state index in [0.717, 1.165) is 11.6 Å². The second-order valence-corrected chi connectivity index (χ2v) is 6.17. The molecule has 1 aromatic rings. The van der Waals surface area contributed by atoms with Gasteiger partial charge in [-0.1, -0.05) is 6.92 Å². The lowest BCUT2D eigenvalue weighted by Gasteiger charge is -2.26. The Bertz CT molecular complexity index is 335. The van der Waals surface area contributed by atoms with Crippen LogP contribution in [0.25, 0.3) is 0 Å². The van der Waals surface area contributed by atoms with Crippen LogP contribution in [0, 0.1) is 0 Å². The molecule has 3 nitrogen and oxygen atoms in total. The molecule has 2 heterocycles. The minimum absolute atomic E-state index is 0.00553. The van der Waals surface area contributed by atoms with Crippen molar-refractivity contribution in [3.05, 3.63) is 23.8 Å². The van der Waals surface area contributed by atoms with Gasteiger partial charge in [0.2, 0.25) is 0 Å². The highest BCUT2D eigenvalue weighted by molar-refractivity contribution is 8.06. The second kappa shape index (κ2) is 5.18. The predicted molar refractivity (Wildman–Crippen MR) is 65.1 cm³/mol. The maximum atomic E-state index is 9.02. The van der Waals surface area contributed by atoms with E-state index in [1.807, 2.05) is 23.5 Å². The first-order valence-electron chi connectivity index (χ1n) is 4.97. The summed E-state index contributed by atoms with van der Waals surface area (Å²) in [4.78, 5) is 8.68.